The van der Waals surface area contributed by atoms with Gasteiger partial charge in [-0.15, -0.1) is 10.2 Å². The maximum Gasteiger partial charge on any atom is 0.445 e. The Kier molecular flexibility index (Phi) is 4.56. The van der Waals surface area contributed by atoms with Gasteiger partial charge in [0, 0.05) is 12.6 Å². The number of alkyl halides is 3. The number of hydrogen-bond acceptors (Lipinski definition) is 6. The second-order valence-electron chi connectivity index (χ2n) is 4.22. The lowest BCUT2D eigenvalue weighted by Crippen LogP contribution is -2.13. The molecule has 0 spiro atoms. The Bertz CT molecular complexity index is 816. The Morgan fingerprint density at radius 3 is 2.26 bits per heavy atom. The minimum atomic E-state index is -4.69. The predicted octanol–water partition coefficient (Wildman–Crippen LogP) is 2.32. The van der Waals surface area contributed by atoms with Gasteiger partial charge in [0.2, 0.25) is 16.0 Å². The smallest absolute Gasteiger partial charge is 0.326 e. The van der Waals surface area contributed by atoms with E-state index in [0.29, 0.717) is 5.69 Å². The molecule has 0 atom stereocenters. The SMILES string of the molecule is CC(=O)Nc1ccc(S(=O)(=O)Nc2nnc(C(F)(F)F)s2)cc1. The van der Waals surface area contributed by atoms with Crippen LogP contribution in [0, 0.1) is 0 Å². The molecule has 2 N–H and O–H groups in total. The van der Waals surface area contributed by atoms with E-state index in [1.165, 1.54) is 31.2 Å². The molecule has 12 heteroatoms. The largest absolute Gasteiger partial charge is 0.445 e. The van der Waals surface area contributed by atoms with Crippen LogP contribution < -0.4 is 10.0 Å². The molecule has 2 rings (SSSR count). The summed E-state index contributed by atoms with van der Waals surface area (Å²) in [7, 11) is -4.11. The number of aromatic nitrogens is 2. The number of rotatable bonds is 4. The third-order valence-corrected chi connectivity index (χ3v) is 4.74. The summed E-state index contributed by atoms with van der Waals surface area (Å²) in [6, 6.07) is 5.08. The first-order valence-electron chi connectivity index (χ1n) is 5.89. The molecule has 0 radical (unpaired) electrons. The molecule has 1 heterocycles. The Morgan fingerprint density at radius 1 is 1.17 bits per heavy atom. The Hall–Kier alpha value is -2.21. The van der Waals surface area contributed by atoms with E-state index in [9.17, 15) is 26.4 Å². The van der Waals surface area contributed by atoms with E-state index < -0.39 is 26.3 Å². The molecule has 124 valence electrons. The Morgan fingerprint density at radius 2 is 1.78 bits per heavy atom. The van der Waals surface area contributed by atoms with Crippen LogP contribution in [0.4, 0.5) is 24.0 Å². The Balaban J connectivity index is 2.18. The molecular formula is C11H9F3N4O3S2. The first kappa shape index (κ1) is 17.1. The van der Waals surface area contributed by atoms with Crippen molar-refractivity contribution in [3.05, 3.63) is 29.3 Å². The minimum absolute atomic E-state index is 0.0784. The highest BCUT2D eigenvalue weighted by Crippen LogP contribution is 2.33. The van der Waals surface area contributed by atoms with Crippen LogP contribution in [-0.2, 0) is 21.0 Å². The molecule has 2 aromatic rings. The van der Waals surface area contributed by atoms with Crippen molar-refractivity contribution in [2.45, 2.75) is 18.0 Å². The van der Waals surface area contributed by atoms with Crippen molar-refractivity contribution in [2.75, 3.05) is 10.0 Å². The van der Waals surface area contributed by atoms with Gasteiger partial charge in [0.05, 0.1) is 4.90 Å². The molecule has 1 amide bonds. The van der Waals surface area contributed by atoms with Crippen LogP contribution in [0.2, 0.25) is 0 Å². The lowest BCUT2D eigenvalue weighted by molar-refractivity contribution is -0.138. The number of benzene rings is 1. The molecule has 0 bridgehead atoms. The van der Waals surface area contributed by atoms with Crippen molar-refractivity contribution in [1.29, 1.82) is 0 Å². The van der Waals surface area contributed by atoms with Crippen molar-refractivity contribution in [3.8, 4) is 0 Å². The summed E-state index contributed by atoms with van der Waals surface area (Å²) in [6.45, 7) is 1.29. The van der Waals surface area contributed by atoms with Crippen LogP contribution in [0.3, 0.4) is 0 Å². The van der Waals surface area contributed by atoms with E-state index in [4.69, 9.17) is 0 Å². The van der Waals surface area contributed by atoms with Gasteiger partial charge in [0.15, 0.2) is 0 Å². The highest BCUT2D eigenvalue weighted by molar-refractivity contribution is 7.93. The molecule has 0 saturated heterocycles. The zero-order chi connectivity index (χ0) is 17.3. The number of sulfonamides is 1. The van der Waals surface area contributed by atoms with E-state index >= 15 is 0 Å². The van der Waals surface area contributed by atoms with Crippen LogP contribution in [0.1, 0.15) is 11.9 Å². The number of halogens is 3. The first-order valence-corrected chi connectivity index (χ1v) is 8.19. The summed E-state index contributed by atoms with van der Waals surface area (Å²) in [5.74, 6) is -0.327. The average molecular weight is 366 g/mol. The summed E-state index contributed by atoms with van der Waals surface area (Å²) >= 11 is 0.0784. The third-order valence-electron chi connectivity index (χ3n) is 2.37. The van der Waals surface area contributed by atoms with Gasteiger partial charge in [0.1, 0.15) is 0 Å². The molecule has 23 heavy (non-hydrogen) atoms. The summed E-state index contributed by atoms with van der Waals surface area (Å²) in [6.07, 6.45) is -4.69. The fourth-order valence-electron chi connectivity index (χ4n) is 1.47. The van der Waals surface area contributed by atoms with Gasteiger partial charge in [-0.1, -0.05) is 11.3 Å². The van der Waals surface area contributed by atoms with E-state index in [1.807, 2.05) is 4.72 Å². The zero-order valence-corrected chi connectivity index (χ0v) is 13.0. The van der Waals surface area contributed by atoms with E-state index in [-0.39, 0.29) is 22.1 Å². The zero-order valence-electron chi connectivity index (χ0n) is 11.4. The van der Waals surface area contributed by atoms with Gasteiger partial charge in [-0.2, -0.15) is 13.2 Å². The predicted molar refractivity (Wildman–Crippen MR) is 76.5 cm³/mol. The molecule has 0 fully saturated rings. The summed E-state index contributed by atoms with van der Waals surface area (Å²) in [5, 5.41) is 6.74. The average Bonchev–Trinajstić information content (AvgIpc) is 2.86. The quantitative estimate of drug-likeness (QED) is 0.865. The monoisotopic (exact) mass is 366 g/mol. The van der Waals surface area contributed by atoms with E-state index in [1.54, 1.807) is 0 Å². The topological polar surface area (TPSA) is 101 Å². The standard InChI is InChI=1S/C11H9F3N4O3S2/c1-6(19)15-7-2-4-8(5-3-7)23(20,21)18-10-17-16-9(22-10)11(12,13)14/h2-5H,1H3,(H,15,19)(H,17,18). The maximum absolute atomic E-state index is 12.4. The van der Waals surface area contributed by atoms with Gasteiger partial charge in [0.25, 0.3) is 10.0 Å². The fraction of sp³-hybridized carbons (Fsp3) is 0.182. The second kappa shape index (κ2) is 6.12. The Labute approximate surface area is 132 Å². The molecule has 0 unspecified atom stereocenters. The van der Waals surface area contributed by atoms with Crippen LogP contribution in [0.25, 0.3) is 0 Å². The molecule has 0 saturated carbocycles. The first-order chi connectivity index (χ1) is 10.6. The van der Waals surface area contributed by atoms with Crippen molar-refractivity contribution < 1.29 is 26.4 Å². The van der Waals surface area contributed by atoms with Gasteiger partial charge in [-0.25, -0.2) is 8.42 Å². The minimum Gasteiger partial charge on any atom is -0.326 e. The number of nitrogens with one attached hydrogen (secondary N) is 2. The number of carbonyl (C=O) groups is 1. The highest BCUT2D eigenvalue weighted by atomic mass is 32.2. The number of anilines is 2. The van der Waals surface area contributed by atoms with Crippen LogP contribution in [0.5, 0.6) is 0 Å². The van der Waals surface area contributed by atoms with E-state index in [2.05, 4.69) is 15.5 Å². The molecule has 1 aromatic heterocycles. The number of amides is 1. The summed E-state index contributed by atoms with van der Waals surface area (Å²) < 4.78 is 63.2. The van der Waals surface area contributed by atoms with Crippen LogP contribution >= 0.6 is 11.3 Å². The number of nitrogens with zero attached hydrogens (tertiary/aromatic N) is 2. The molecule has 0 aliphatic heterocycles. The van der Waals surface area contributed by atoms with Gasteiger partial charge in [-0.05, 0) is 24.3 Å². The molecule has 1 aromatic carbocycles. The highest BCUT2D eigenvalue weighted by Gasteiger charge is 2.36. The van der Waals surface area contributed by atoms with Crippen LogP contribution in [0.15, 0.2) is 29.2 Å². The molecular weight excluding hydrogens is 357 g/mol. The molecule has 0 aliphatic carbocycles. The van der Waals surface area contributed by atoms with Crippen molar-refractivity contribution in [1.82, 2.24) is 10.2 Å². The second-order valence-corrected chi connectivity index (χ2v) is 6.88. The maximum atomic E-state index is 12.4. The van der Waals surface area contributed by atoms with Crippen LogP contribution in [-0.4, -0.2) is 24.5 Å². The lowest BCUT2D eigenvalue weighted by Gasteiger charge is -2.06. The van der Waals surface area contributed by atoms with Gasteiger partial charge < -0.3 is 5.32 Å². The number of hydrogen-bond donors (Lipinski definition) is 2. The number of carbonyl (C=O) groups excluding carboxylic acids is 1. The van der Waals surface area contributed by atoms with Gasteiger partial charge in [-0.3, -0.25) is 9.52 Å². The van der Waals surface area contributed by atoms with Crippen molar-refractivity contribution >= 4 is 38.1 Å². The summed E-state index contributed by atoms with van der Waals surface area (Å²) in [4.78, 5) is 10.7. The lowest BCUT2D eigenvalue weighted by atomic mass is 10.3. The van der Waals surface area contributed by atoms with Crippen molar-refractivity contribution in [2.24, 2.45) is 0 Å². The normalized spacial score (nSPS) is 12.0. The summed E-state index contributed by atoms with van der Waals surface area (Å²) in [5.41, 5.74) is 0.381. The fourth-order valence-corrected chi connectivity index (χ4v) is 3.31. The third kappa shape index (κ3) is 4.39. The van der Waals surface area contributed by atoms with Gasteiger partial charge >= 0.3 is 6.18 Å². The van der Waals surface area contributed by atoms with Crippen molar-refractivity contribution in [3.63, 3.8) is 0 Å². The van der Waals surface area contributed by atoms with E-state index in [0.717, 1.165) is 0 Å². The molecule has 0 aliphatic rings. The molecule has 7 nitrogen and oxygen atoms in total.